The normalized spacial score (nSPS) is 18.3. The molecule has 2 aliphatic rings. The average molecular weight is 498 g/mol. The first kappa shape index (κ1) is 24.3. The molecule has 0 bridgehead atoms. The molecule has 1 fully saturated rings. The van der Waals surface area contributed by atoms with Crippen LogP contribution in [0.1, 0.15) is 40.3 Å². The molecule has 2 heterocycles. The monoisotopic (exact) mass is 497 g/mol. The molecule has 2 aliphatic heterocycles. The van der Waals surface area contributed by atoms with Crippen molar-refractivity contribution in [3.63, 3.8) is 0 Å². The highest BCUT2D eigenvalue weighted by Gasteiger charge is 2.47. The largest absolute Gasteiger partial charge is 0.507 e. The van der Waals surface area contributed by atoms with Crippen molar-refractivity contribution in [1.29, 1.82) is 0 Å². The summed E-state index contributed by atoms with van der Waals surface area (Å²) in [6.45, 7) is 2.56. The van der Waals surface area contributed by atoms with Crippen LogP contribution < -0.4 is 9.64 Å². The Kier molecular flexibility index (Phi) is 6.53. The van der Waals surface area contributed by atoms with Gasteiger partial charge in [0.25, 0.3) is 11.7 Å². The fourth-order valence-corrected chi connectivity index (χ4v) is 4.96. The number of fused-ring (bicyclic) bond motifs is 1. The van der Waals surface area contributed by atoms with E-state index in [1.165, 1.54) is 12.0 Å². The third kappa shape index (κ3) is 4.48. The fraction of sp³-hybridized carbons (Fsp3) is 0.233. The molecule has 0 spiro atoms. The van der Waals surface area contributed by atoms with Gasteiger partial charge in [0.2, 0.25) is 0 Å². The molecular weight excluding hydrogens is 470 g/mol. The van der Waals surface area contributed by atoms with E-state index in [0.717, 1.165) is 40.8 Å². The van der Waals surface area contributed by atoms with Crippen LogP contribution >= 0.6 is 0 Å². The summed E-state index contributed by atoms with van der Waals surface area (Å²) in [5.41, 5.74) is 4.29. The third-order valence-electron chi connectivity index (χ3n) is 6.90. The zero-order valence-corrected chi connectivity index (χ0v) is 20.7. The van der Waals surface area contributed by atoms with E-state index in [1.807, 2.05) is 37.3 Å². The number of ether oxygens (including phenoxy) is 2. The fourth-order valence-electron chi connectivity index (χ4n) is 4.96. The maximum Gasteiger partial charge on any atom is 0.309 e. The van der Waals surface area contributed by atoms with E-state index < -0.39 is 17.7 Å². The van der Waals surface area contributed by atoms with Crippen molar-refractivity contribution in [3.8, 4) is 5.75 Å². The zero-order chi connectivity index (χ0) is 26.1. The van der Waals surface area contributed by atoms with E-state index in [-0.39, 0.29) is 23.7 Å². The lowest BCUT2D eigenvalue weighted by Gasteiger charge is -2.27. The number of carbonyl (C=O) groups is 3. The van der Waals surface area contributed by atoms with Crippen molar-refractivity contribution in [2.45, 2.75) is 32.2 Å². The van der Waals surface area contributed by atoms with Crippen LogP contribution in [0.4, 0.5) is 5.69 Å². The van der Waals surface area contributed by atoms with E-state index in [2.05, 4.69) is 0 Å². The molecule has 3 aromatic rings. The first-order valence-electron chi connectivity index (χ1n) is 12.2. The molecule has 3 aromatic carbocycles. The lowest BCUT2D eigenvalue weighted by Crippen LogP contribution is -2.29. The molecule has 5 rings (SSSR count). The smallest absolute Gasteiger partial charge is 0.309 e. The molecule has 188 valence electrons. The summed E-state index contributed by atoms with van der Waals surface area (Å²) in [5.74, 6) is -1.30. The number of ketones is 1. The minimum atomic E-state index is -0.820. The Morgan fingerprint density at radius 2 is 1.84 bits per heavy atom. The molecule has 1 saturated heterocycles. The van der Waals surface area contributed by atoms with E-state index in [4.69, 9.17) is 9.47 Å². The summed E-state index contributed by atoms with van der Waals surface area (Å²) < 4.78 is 10.4. The molecule has 1 amide bonds. The number of aryl methyl sites for hydroxylation is 2. The van der Waals surface area contributed by atoms with Gasteiger partial charge in [0.1, 0.15) is 11.5 Å². The van der Waals surface area contributed by atoms with Crippen molar-refractivity contribution in [1.82, 2.24) is 0 Å². The Balaban J connectivity index is 1.63. The number of esters is 1. The van der Waals surface area contributed by atoms with Crippen LogP contribution in [0.15, 0.2) is 72.3 Å². The summed E-state index contributed by atoms with van der Waals surface area (Å²) in [6.07, 6.45) is 1.78. The number of Topliss-reactive ketones (excluding diaryl/α,β-unsaturated/α-hetero) is 1. The van der Waals surface area contributed by atoms with Gasteiger partial charge >= 0.3 is 5.97 Å². The minimum Gasteiger partial charge on any atom is -0.507 e. The van der Waals surface area contributed by atoms with Crippen LogP contribution in [0.3, 0.4) is 0 Å². The molecule has 1 atom stereocenters. The number of aliphatic hydroxyl groups excluding tert-OH is 1. The quantitative estimate of drug-likeness (QED) is 0.239. The minimum absolute atomic E-state index is 0.0367. The van der Waals surface area contributed by atoms with Crippen molar-refractivity contribution < 1.29 is 29.0 Å². The van der Waals surface area contributed by atoms with Gasteiger partial charge in [-0.15, -0.1) is 0 Å². The first-order valence-corrected chi connectivity index (χ1v) is 12.2. The molecule has 0 radical (unpaired) electrons. The lowest BCUT2D eigenvalue weighted by atomic mass is 9.91. The SMILES string of the molecule is COC(=O)Cc1ccc(N2C(=O)C(=O)/C(=C(/O)c3ccc4c(c3)CCCO4)C2c2ccccc2C)cc1. The van der Waals surface area contributed by atoms with Crippen LogP contribution in [-0.4, -0.2) is 36.5 Å². The van der Waals surface area contributed by atoms with Crippen molar-refractivity contribution >= 4 is 29.1 Å². The lowest BCUT2D eigenvalue weighted by molar-refractivity contribution is -0.139. The van der Waals surface area contributed by atoms with Crippen molar-refractivity contribution in [2.75, 3.05) is 18.6 Å². The average Bonchev–Trinajstić information content (AvgIpc) is 3.18. The highest BCUT2D eigenvalue weighted by Crippen LogP contribution is 2.43. The Hall–Kier alpha value is -4.39. The second-order valence-corrected chi connectivity index (χ2v) is 9.22. The number of benzene rings is 3. The Labute approximate surface area is 214 Å². The second-order valence-electron chi connectivity index (χ2n) is 9.22. The number of hydrogen-bond acceptors (Lipinski definition) is 6. The summed E-state index contributed by atoms with van der Waals surface area (Å²) in [5, 5.41) is 11.5. The number of carbonyl (C=O) groups excluding carboxylic acids is 3. The van der Waals surface area contributed by atoms with Crippen LogP contribution in [0, 0.1) is 6.92 Å². The summed E-state index contributed by atoms with van der Waals surface area (Å²) in [4.78, 5) is 39.9. The van der Waals surface area contributed by atoms with Crippen LogP contribution in [-0.2, 0) is 32.0 Å². The van der Waals surface area contributed by atoms with E-state index >= 15 is 0 Å². The van der Waals surface area contributed by atoms with Gasteiger partial charge in [0, 0.05) is 11.3 Å². The third-order valence-corrected chi connectivity index (χ3v) is 6.90. The molecule has 1 unspecified atom stereocenters. The van der Waals surface area contributed by atoms with Gasteiger partial charge in [0.15, 0.2) is 0 Å². The Morgan fingerprint density at radius 1 is 1.08 bits per heavy atom. The van der Waals surface area contributed by atoms with Gasteiger partial charge in [-0.25, -0.2) is 0 Å². The van der Waals surface area contributed by atoms with E-state index in [0.29, 0.717) is 17.9 Å². The van der Waals surface area contributed by atoms with E-state index in [9.17, 15) is 19.5 Å². The molecule has 1 N–H and O–H groups in total. The predicted molar refractivity (Wildman–Crippen MR) is 138 cm³/mol. The molecule has 0 aromatic heterocycles. The number of hydrogen-bond donors (Lipinski definition) is 1. The maximum absolute atomic E-state index is 13.4. The van der Waals surface area contributed by atoms with Crippen LogP contribution in [0.25, 0.3) is 5.76 Å². The highest BCUT2D eigenvalue weighted by atomic mass is 16.5. The van der Waals surface area contributed by atoms with Gasteiger partial charge < -0.3 is 14.6 Å². The first-order chi connectivity index (χ1) is 17.9. The maximum atomic E-state index is 13.4. The summed E-state index contributed by atoms with van der Waals surface area (Å²) in [7, 11) is 1.33. The summed E-state index contributed by atoms with van der Waals surface area (Å²) in [6, 6.07) is 18.9. The van der Waals surface area contributed by atoms with Gasteiger partial charge in [-0.3, -0.25) is 19.3 Å². The summed E-state index contributed by atoms with van der Waals surface area (Å²) >= 11 is 0. The number of methoxy groups -OCH3 is 1. The Bertz CT molecular complexity index is 1420. The molecule has 7 nitrogen and oxygen atoms in total. The molecular formula is C30H27NO6. The number of aliphatic hydroxyl groups is 1. The van der Waals surface area contributed by atoms with Crippen molar-refractivity contribution in [3.05, 3.63) is 100 Å². The zero-order valence-electron chi connectivity index (χ0n) is 20.7. The van der Waals surface area contributed by atoms with Crippen molar-refractivity contribution in [2.24, 2.45) is 0 Å². The van der Waals surface area contributed by atoms with E-state index in [1.54, 1.807) is 36.4 Å². The number of rotatable bonds is 5. The van der Waals surface area contributed by atoms with Crippen LogP contribution in [0.2, 0.25) is 0 Å². The highest BCUT2D eigenvalue weighted by molar-refractivity contribution is 6.51. The second kappa shape index (κ2) is 9.93. The number of nitrogens with zero attached hydrogens (tertiary/aromatic N) is 1. The molecule has 37 heavy (non-hydrogen) atoms. The van der Waals surface area contributed by atoms with Gasteiger partial charge in [-0.05, 0) is 72.4 Å². The Morgan fingerprint density at radius 3 is 2.57 bits per heavy atom. The van der Waals surface area contributed by atoms with Crippen LogP contribution in [0.5, 0.6) is 5.75 Å². The predicted octanol–water partition coefficient (Wildman–Crippen LogP) is 4.66. The van der Waals surface area contributed by atoms with Gasteiger partial charge in [-0.1, -0.05) is 36.4 Å². The molecule has 0 saturated carbocycles. The molecule has 7 heteroatoms. The molecule has 0 aliphatic carbocycles. The number of anilines is 1. The van der Waals surface area contributed by atoms with Gasteiger partial charge in [0.05, 0.1) is 31.8 Å². The standard InChI is InChI=1S/C30H27NO6/c1-18-6-3-4-8-23(18)27-26(28(33)21-11-14-24-20(17-21)7-5-15-37-24)29(34)30(35)31(27)22-12-9-19(10-13-22)16-25(32)36-2/h3-4,6,8-14,17,27,33H,5,7,15-16H2,1-2H3/b28-26+. The number of amides is 1. The van der Waals surface area contributed by atoms with Gasteiger partial charge in [-0.2, -0.15) is 0 Å². The topological polar surface area (TPSA) is 93.1 Å².